The van der Waals surface area contributed by atoms with Crippen molar-refractivity contribution in [2.75, 3.05) is 44.6 Å². The van der Waals surface area contributed by atoms with E-state index in [0.29, 0.717) is 62.3 Å². The maximum atomic E-state index is 13.1. The fourth-order valence-electron chi connectivity index (χ4n) is 7.78. The molecule has 37 heavy (non-hydrogen) atoms. The monoisotopic (exact) mass is 506 g/mol. The molecule has 3 N–H and O–H groups in total. The van der Waals surface area contributed by atoms with Crippen molar-refractivity contribution in [1.82, 2.24) is 24.9 Å². The smallest absolute Gasteiger partial charge is 0.316 e. The van der Waals surface area contributed by atoms with E-state index in [1.54, 1.807) is 11.1 Å². The molecule has 0 radical (unpaired) electrons. The van der Waals surface area contributed by atoms with Crippen LogP contribution in [0.1, 0.15) is 54.0 Å². The molecule has 6 aliphatic rings. The van der Waals surface area contributed by atoms with Gasteiger partial charge in [0.1, 0.15) is 0 Å². The minimum absolute atomic E-state index is 0.00977. The highest BCUT2D eigenvalue weighted by molar-refractivity contribution is 5.91. The number of pyridine rings is 1. The second-order valence-electron chi connectivity index (χ2n) is 11.7. The number of nitrogens with one attached hydrogen (secondary N) is 1. The lowest BCUT2D eigenvalue weighted by molar-refractivity contribution is -0.129. The fraction of sp³-hybridized carbons (Fsp3) is 0.630. The van der Waals surface area contributed by atoms with Crippen molar-refractivity contribution in [3.63, 3.8) is 0 Å². The summed E-state index contributed by atoms with van der Waals surface area (Å²) in [6, 6.07) is 0.291. The lowest BCUT2D eigenvalue weighted by Crippen LogP contribution is -2.59. The molecule has 196 valence electrons. The molecule has 2 aromatic heterocycles. The molecule has 1 amide bonds. The van der Waals surface area contributed by atoms with Crippen LogP contribution >= 0.6 is 0 Å². The van der Waals surface area contributed by atoms with Gasteiger partial charge < -0.3 is 25.0 Å². The number of hydrogen-bond acceptors (Lipinski definition) is 9. The van der Waals surface area contributed by atoms with Gasteiger partial charge in [-0.2, -0.15) is 4.98 Å². The maximum Gasteiger partial charge on any atom is 0.316 e. The first kappa shape index (κ1) is 23.3. The molecule has 3 unspecified atom stereocenters. The standard InChI is InChI=1S/C27H34N6O4/c34-9-8-32-4-6-33(7-5-32)26(35)25-30-24(31-37-25)20-15-28-21-3-1-2-19(21)23(20)29-22-17-10-16-11-18(22)14-27(36,12-16)13-17/h1-2,15-18,22,34,36H,3-14H2,(H,28,29)/t16?,17-,18+,22?,27?. The van der Waals surface area contributed by atoms with Crippen LogP contribution in [0, 0.1) is 17.8 Å². The van der Waals surface area contributed by atoms with Crippen LogP contribution in [0.4, 0.5) is 5.69 Å². The molecule has 4 saturated carbocycles. The van der Waals surface area contributed by atoms with E-state index >= 15 is 0 Å². The van der Waals surface area contributed by atoms with Gasteiger partial charge in [-0.1, -0.05) is 17.3 Å². The molecule has 0 spiro atoms. The van der Waals surface area contributed by atoms with Crippen LogP contribution < -0.4 is 5.32 Å². The van der Waals surface area contributed by atoms with Gasteiger partial charge in [0.05, 0.1) is 29.2 Å². The van der Waals surface area contributed by atoms with Crippen LogP contribution in [0.25, 0.3) is 17.5 Å². The number of amides is 1. The van der Waals surface area contributed by atoms with Gasteiger partial charge in [0.2, 0.25) is 5.82 Å². The van der Waals surface area contributed by atoms with Crippen molar-refractivity contribution in [2.24, 2.45) is 17.8 Å². The number of fused-ring (bicyclic) bond motifs is 1. The first-order valence-electron chi connectivity index (χ1n) is 13.6. The number of carbonyl (C=O) groups is 1. The summed E-state index contributed by atoms with van der Waals surface area (Å²) < 4.78 is 5.47. The summed E-state index contributed by atoms with van der Waals surface area (Å²) in [6.07, 6.45) is 11.8. The Kier molecular flexibility index (Phi) is 5.60. The SMILES string of the molecule is O=C(c1nc(-c2cnc3c(c2NC2[C@@H]4CC5C[C@H]2CC(O)(C5)C4)C=CC3)no1)N1CCN(CCO)CC1. The predicted octanol–water partition coefficient (Wildman–Crippen LogP) is 1.80. The Morgan fingerprint density at radius 1 is 1.16 bits per heavy atom. The molecule has 10 heteroatoms. The second kappa shape index (κ2) is 8.89. The molecule has 5 fully saturated rings. The van der Waals surface area contributed by atoms with Gasteiger partial charge in [0.15, 0.2) is 0 Å². The van der Waals surface area contributed by atoms with E-state index in [1.165, 1.54) is 12.8 Å². The summed E-state index contributed by atoms with van der Waals surface area (Å²) in [4.78, 5) is 26.2. The summed E-state index contributed by atoms with van der Waals surface area (Å²) >= 11 is 0. The lowest BCUT2D eigenvalue weighted by atomic mass is 9.52. The molecule has 5 atom stereocenters. The first-order valence-corrected chi connectivity index (χ1v) is 13.6. The number of aromatic nitrogens is 3. The highest BCUT2D eigenvalue weighted by Gasteiger charge is 2.55. The molecule has 1 aliphatic heterocycles. The first-order chi connectivity index (χ1) is 18.0. The molecular weight excluding hydrogens is 472 g/mol. The van der Waals surface area contributed by atoms with Gasteiger partial charge >= 0.3 is 11.8 Å². The summed E-state index contributed by atoms with van der Waals surface area (Å²) in [7, 11) is 0. The van der Waals surface area contributed by atoms with Crippen molar-refractivity contribution < 1.29 is 19.5 Å². The van der Waals surface area contributed by atoms with E-state index in [9.17, 15) is 9.90 Å². The fourth-order valence-corrected chi connectivity index (χ4v) is 7.78. The number of β-amino-alcohol motifs (C(OH)–C–C–N with tert-alkyl or cyclic N) is 1. The zero-order chi connectivity index (χ0) is 25.1. The molecule has 1 saturated heterocycles. The van der Waals surface area contributed by atoms with Gasteiger partial charge in [-0.15, -0.1) is 0 Å². The average molecular weight is 507 g/mol. The molecule has 4 bridgehead atoms. The average Bonchev–Trinajstić information content (AvgIpc) is 3.56. The van der Waals surface area contributed by atoms with Crippen LogP contribution in [0.15, 0.2) is 16.8 Å². The van der Waals surface area contributed by atoms with Crippen LogP contribution in [0.5, 0.6) is 0 Å². The molecule has 2 aromatic rings. The van der Waals surface area contributed by atoms with Gasteiger partial charge in [0.25, 0.3) is 0 Å². The van der Waals surface area contributed by atoms with Crippen molar-refractivity contribution in [3.8, 4) is 11.4 Å². The van der Waals surface area contributed by atoms with Crippen molar-refractivity contribution >= 4 is 17.7 Å². The van der Waals surface area contributed by atoms with E-state index < -0.39 is 5.60 Å². The quantitative estimate of drug-likeness (QED) is 0.537. The largest absolute Gasteiger partial charge is 0.395 e. The number of aliphatic hydroxyl groups is 2. The highest BCUT2D eigenvalue weighted by Crippen LogP contribution is 2.56. The molecule has 5 aliphatic carbocycles. The summed E-state index contributed by atoms with van der Waals surface area (Å²) in [6.45, 7) is 3.28. The van der Waals surface area contributed by atoms with Crippen LogP contribution in [0.3, 0.4) is 0 Å². The number of aliphatic hydroxyl groups excluding tert-OH is 1. The molecule has 8 rings (SSSR count). The van der Waals surface area contributed by atoms with E-state index in [-0.39, 0.29) is 18.4 Å². The molecule has 10 nitrogen and oxygen atoms in total. The van der Waals surface area contributed by atoms with E-state index in [4.69, 9.17) is 9.63 Å². The third-order valence-electron chi connectivity index (χ3n) is 9.27. The third kappa shape index (κ3) is 4.06. The zero-order valence-corrected chi connectivity index (χ0v) is 21.0. The second-order valence-corrected chi connectivity index (χ2v) is 11.7. The third-order valence-corrected chi connectivity index (χ3v) is 9.27. The van der Waals surface area contributed by atoms with Crippen molar-refractivity contribution in [1.29, 1.82) is 0 Å². The minimum atomic E-state index is -0.482. The number of allylic oxidation sites excluding steroid dienone is 1. The number of nitrogens with zero attached hydrogens (tertiary/aromatic N) is 5. The van der Waals surface area contributed by atoms with Gasteiger partial charge in [-0.25, -0.2) is 0 Å². The molecular formula is C27H34N6O4. The Balaban J connectivity index is 1.15. The van der Waals surface area contributed by atoms with Gasteiger partial charge in [-0.3, -0.25) is 14.7 Å². The Hall–Kier alpha value is -2.82. The topological polar surface area (TPSA) is 128 Å². The number of hydrogen-bond donors (Lipinski definition) is 3. The summed E-state index contributed by atoms with van der Waals surface area (Å²) in [5, 5.41) is 28.3. The lowest BCUT2D eigenvalue weighted by Gasteiger charge is -2.58. The van der Waals surface area contributed by atoms with Crippen LogP contribution in [-0.2, 0) is 6.42 Å². The van der Waals surface area contributed by atoms with Crippen LogP contribution in [-0.4, -0.2) is 92.0 Å². The Bertz CT molecular complexity index is 1220. The van der Waals surface area contributed by atoms with E-state index in [2.05, 4.69) is 37.5 Å². The Labute approximate surface area is 215 Å². The van der Waals surface area contributed by atoms with Crippen molar-refractivity contribution in [3.05, 3.63) is 29.4 Å². The Morgan fingerprint density at radius 3 is 2.68 bits per heavy atom. The minimum Gasteiger partial charge on any atom is -0.395 e. The number of carbonyl (C=O) groups excluding carboxylic acids is 1. The summed E-state index contributed by atoms with van der Waals surface area (Å²) in [5.74, 6) is 1.63. The summed E-state index contributed by atoms with van der Waals surface area (Å²) in [5.41, 5.74) is 3.30. The number of anilines is 1. The predicted molar refractivity (Wildman–Crippen MR) is 136 cm³/mol. The van der Waals surface area contributed by atoms with E-state index in [0.717, 1.165) is 48.2 Å². The highest BCUT2D eigenvalue weighted by atomic mass is 16.5. The normalized spacial score (nSPS) is 32.2. The van der Waals surface area contributed by atoms with Crippen LogP contribution in [0.2, 0.25) is 0 Å². The molecule has 0 aromatic carbocycles. The maximum absolute atomic E-state index is 13.1. The number of rotatable bonds is 6. The molecule has 3 heterocycles. The zero-order valence-electron chi connectivity index (χ0n) is 21.0. The van der Waals surface area contributed by atoms with Gasteiger partial charge in [0, 0.05) is 56.9 Å². The Morgan fingerprint density at radius 2 is 1.95 bits per heavy atom. The van der Waals surface area contributed by atoms with Crippen molar-refractivity contribution in [2.45, 2.75) is 50.2 Å². The van der Waals surface area contributed by atoms with E-state index in [1.807, 2.05) is 0 Å². The van der Waals surface area contributed by atoms with Gasteiger partial charge in [-0.05, 0) is 49.9 Å². The number of piperazine rings is 1.